The van der Waals surface area contributed by atoms with Crippen LogP contribution in [0.25, 0.3) is 0 Å². The molecule has 3 rings (SSSR count). The first kappa shape index (κ1) is 24.5. The van der Waals surface area contributed by atoms with E-state index in [0.717, 1.165) is 0 Å². The Bertz CT molecular complexity index is 1090. The van der Waals surface area contributed by atoms with Crippen LogP contribution >= 0.6 is 0 Å². The number of hydrogen-bond acceptors (Lipinski definition) is 6. The number of rotatable bonds is 7. The molecule has 1 saturated heterocycles. The lowest BCUT2D eigenvalue weighted by molar-refractivity contribution is -0.134. The quantitative estimate of drug-likeness (QED) is 0.586. The maximum atomic E-state index is 13.7. The average molecular weight is 480 g/mol. The van der Waals surface area contributed by atoms with Crippen molar-refractivity contribution in [3.63, 3.8) is 0 Å². The molecule has 1 fully saturated rings. The van der Waals surface area contributed by atoms with Crippen LogP contribution in [0.5, 0.6) is 11.5 Å². The molecule has 2 atom stereocenters. The first-order valence-electron chi connectivity index (χ1n) is 10.4. The number of piperidine rings is 1. The number of hydrazine groups is 1. The van der Waals surface area contributed by atoms with E-state index in [1.165, 1.54) is 48.7 Å². The number of hydrogen-bond donors (Lipinski definition) is 2. The summed E-state index contributed by atoms with van der Waals surface area (Å²) in [5.74, 6) is -2.00. The van der Waals surface area contributed by atoms with Gasteiger partial charge in [0.1, 0.15) is 5.75 Å². The fourth-order valence-electron chi connectivity index (χ4n) is 3.38. The summed E-state index contributed by atoms with van der Waals surface area (Å²) in [7, 11) is -2.29. The highest BCUT2D eigenvalue weighted by Gasteiger charge is 2.33. The number of nitrogens with one attached hydrogen (secondary N) is 2. The molecule has 1 aliphatic heterocycles. The van der Waals surface area contributed by atoms with Crippen LogP contribution in [-0.2, 0) is 19.6 Å². The van der Waals surface area contributed by atoms with Gasteiger partial charge in [0.05, 0.1) is 17.9 Å². The predicted molar refractivity (Wildman–Crippen MR) is 117 cm³/mol. The molecule has 0 spiro atoms. The van der Waals surface area contributed by atoms with Crippen molar-refractivity contribution in [2.75, 3.05) is 20.2 Å². The van der Waals surface area contributed by atoms with Gasteiger partial charge in [-0.3, -0.25) is 20.4 Å². The van der Waals surface area contributed by atoms with Gasteiger partial charge < -0.3 is 9.47 Å². The Morgan fingerprint density at radius 1 is 1.12 bits per heavy atom. The molecule has 0 bridgehead atoms. The third-order valence-electron chi connectivity index (χ3n) is 5.27. The minimum absolute atomic E-state index is 0.0165. The lowest BCUT2D eigenvalue weighted by Crippen LogP contribution is -2.52. The van der Waals surface area contributed by atoms with Gasteiger partial charge in [0.15, 0.2) is 17.7 Å². The zero-order valence-corrected chi connectivity index (χ0v) is 19.1. The van der Waals surface area contributed by atoms with Gasteiger partial charge in [-0.15, -0.1) is 0 Å². The van der Waals surface area contributed by atoms with Crippen molar-refractivity contribution in [1.82, 2.24) is 15.2 Å². The Morgan fingerprint density at radius 2 is 1.82 bits per heavy atom. The Balaban J connectivity index is 1.55. The summed E-state index contributed by atoms with van der Waals surface area (Å²) < 4.78 is 51.2. The number of carbonyl (C=O) groups is 2. The van der Waals surface area contributed by atoms with Crippen molar-refractivity contribution < 1.29 is 31.9 Å². The van der Waals surface area contributed by atoms with Crippen LogP contribution in [0.2, 0.25) is 0 Å². The molecule has 2 aromatic rings. The molecule has 2 amide bonds. The summed E-state index contributed by atoms with van der Waals surface area (Å²) in [6.45, 7) is 1.69. The zero-order chi connectivity index (χ0) is 24.0. The third kappa shape index (κ3) is 5.99. The van der Waals surface area contributed by atoms with E-state index in [2.05, 4.69) is 10.9 Å². The van der Waals surface area contributed by atoms with Gasteiger partial charge >= 0.3 is 0 Å². The fourth-order valence-corrected chi connectivity index (χ4v) is 4.91. The number of para-hydroxylation sites is 1. The Morgan fingerprint density at radius 3 is 2.48 bits per heavy atom. The van der Waals surface area contributed by atoms with Gasteiger partial charge in [-0.1, -0.05) is 12.1 Å². The fraction of sp³-hybridized carbons (Fsp3) is 0.364. The van der Waals surface area contributed by atoms with E-state index in [4.69, 9.17) is 9.47 Å². The van der Waals surface area contributed by atoms with Crippen LogP contribution in [0, 0.1) is 11.7 Å². The molecule has 0 saturated carbocycles. The van der Waals surface area contributed by atoms with Gasteiger partial charge in [-0.25, -0.2) is 12.8 Å². The first-order chi connectivity index (χ1) is 15.7. The summed E-state index contributed by atoms with van der Waals surface area (Å²) >= 11 is 0. The Labute approximate surface area is 191 Å². The number of halogens is 1. The van der Waals surface area contributed by atoms with E-state index in [-0.39, 0.29) is 23.7 Å². The summed E-state index contributed by atoms with van der Waals surface area (Å²) in [6.07, 6.45) is -0.105. The van der Waals surface area contributed by atoms with E-state index < -0.39 is 39.7 Å². The van der Waals surface area contributed by atoms with Crippen LogP contribution in [-0.4, -0.2) is 50.8 Å². The standard InChI is InChI=1S/C22H26FN3O6S/c1-15(32-20-8-4-3-7-19(20)23)21(27)24-25-22(28)16-6-5-13-26(14-16)33(29,30)18-11-9-17(31-2)10-12-18/h3-4,7-12,15-16H,5-6,13-14H2,1-2H3,(H,24,27)(H,25,28). The number of amides is 2. The Kier molecular flexibility index (Phi) is 7.88. The van der Waals surface area contributed by atoms with Crippen molar-refractivity contribution in [2.45, 2.75) is 30.8 Å². The SMILES string of the molecule is COc1ccc(S(=O)(=O)N2CCCC(C(=O)NNC(=O)C(C)Oc3ccccc3F)C2)cc1. The van der Waals surface area contributed by atoms with Crippen molar-refractivity contribution in [2.24, 2.45) is 5.92 Å². The number of ether oxygens (including phenoxy) is 2. The second kappa shape index (κ2) is 10.6. The maximum absolute atomic E-state index is 13.7. The van der Waals surface area contributed by atoms with Crippen LogP contribution in [0.4, 0.5) is 4.39 Å². The van der Waals surface area contributed by atoms with Gasteiger partial charge in [0.25, 0.3) is 5.91 Å². The highest BCUT2D eigenvalue weighted by Crippen LogP contribution is 2.25. The number of benzene rings is 2. The highest BCUT2D eigenvalue weighted by atomic mass is 32.2. The molecule has 0 aromatic heterocycles. The second-order valence-electron chi connectivity index (χ2n) is 7.55. The number of sulfonamides is 1. The molecule has 11 heteroatoms. The van der Waals surface area contributed by atoms with E-state index in [0.29, 0.717) is 18.6 Å². The van der Waals surface area contributed by atoms with Crippen LogP contribution in [0.1, 0.15) is 19.8 Å². The molecular formula is C22H26FN3O6S. The third-order valence-corrected chi connectivity index (χ3v) is 7.15. The minimum atomic E-state index is -3.78. The van der Waals surface area contributed by atoms with Crippen molar-refractivity contribution >= 4 is 21.8 Å². The maximum Gasteiger partial charge on any atom is 0.279 e. The highest BCUT2D eigenvalue weighted by molar-refractivity contribution is 7.89. The molecule has 1 aliphatic rings. The Hall–Kier alpha value is -3.18. The molecule has 33 heavy (non-hydrogen) atoms. The lowest BCUT2D eigenvalue weighted by Gasteiger charge is -2.31. The smallest absolute Gasteiger partial charge is 0.279 e. The number of methoxy groups -OCH3 is 1. The molecule has 178 valence electrons. The lowest BCUT2D eigenvalue weighted by atomic mass is 9.99. The molecule has 9 nitrogen and oxygen atoms in total. The number of nitrogens with zero attached hydrogens (tertiary/aromatic N) is 1. The largest absolute Gasteiger partial charge is 0.497 e. The van der Waals surface area contributed by atoms with Crippen LogP contribution in [0.15, 0.2) is 53.4 Å². The first-order valence-corrected chi connectivity index (χ1v) is 11.8. The van der Waals surface area contributed by atoms with Crippen molar-refractivity contribution in [1.29, 1.82) is 0 Å². The summed E-state index contributed by atoms with van der Waals surface area (Å²) in [5.41, 5.74) is 4.56. The molecule has 2 aromatic carbocycles. The zero-order valence-electron chi connectivity index (χ0n) is 18.3. The van der Waals surface area contributed by atoms with E-state index in [9.17, 15) is 22.4 Å². The summed E-state index contributed by atoms with van der Waals surface area (Å²) in [4.78, 5) is 24.9. The number of carbonyl (C=O) groups excluding carboxylic acids is 2. The molecule has 2 N–H and O–H groups in total. The summed E-state index contributed by atoms with van der Waals surface area (Å²) in [6, 6.07) is 11.7. The van der Waals surface area contributed by atoms with E-state index >= 15 is 0 Å². The molecule has 0 radical (unpaired) electrons. The predicted octanol–water partition coefficient (Wildman–Crippen LogP) is 1.85. The minimum Gasteiger partial charge on any atom is -0.497 e. The molecule has 2 unspecified atom stereocenters. The van der Waals surface area contributed by atoms with Crippen molar-refractivity contribution in [3.8, 4) is 11.5 Å². The van der Waals surface area contributed by atoms with Gasteiger partial charge in [0, 0.05) is 13.1 Å². The average Bonchev–Trinajstić information content (AvgIpc) is 2.83. The van der Waals surface area contributed by atoms with Gasteiger partial charge in [-0.2, -0.15) is 4.31 Å². The van der Waals surface area contributed by atoms with Crippen LogP contribution in [0.3, 0.4) is 0 Å². The molecule has 1 heterocycles. The topological polar surface area (TPSA) is 114 Å². The molecule has 0 aliphatic carbocycles. The van der Waals surface area contributed by atoms with Gasteiger partial charge in [-0.05, 0) is 56.2 Å². The van der Waals surface area contributed by atoms with Gasteiger partial charge in [0.2, 0.25) is 15.9 Å². The van der Waals surface area contributed by atoms with E-state index in [1.54, 1.807) is 18.2 Å². The normalized spacial score (nSPS) is 17.6. The summed E-state index contributed by atoms with van der Waals surface area (Å²) in [5, 5.41) is 0. The second-order valence-corrected chi connectivity index (χ2v) is 9.48. The monoisotopic (exact) mass is 479 g/mol. The van der Waals surface area contributed by atoms with E-state index in [1.807, 2.05) is 0 Å². The van der Waals surface area contributed by atoms with Crippen molar-refractivity contribution in [3.05, 3.63) is 54.3 Å². The van der Waals surface area contributed by atoms with Crippen LogP contribution < -0.4 is 20.3 Å². The molecular weight excluding hydrogens is 453 g/mol.